The fourth-order valence-corrected chi connectivity index (χ4v) is 2.08. The monoisotopic (exact) mass is 241 g/mol. The second-order valence-corrected chi connectivity index (χ2v) is 5.90. The lowest BCUT2D eigenvalue weighted by Gasteiger charge is -2.37. The van der Waals surface area contributed by atoms with Gasteiger partial charge in [-0.1, -0.05) is 13.8 Å². The van der Waals surface area contributed by atoms with Gasteiger partial charge < -0.3 is 10.6 Å². The zero-order valence-electron chi connectivity index (χ0n) is 11.5. The topological polar surface area (TPSA) is 49.6 Å². The molecule has 100 valence electrons. The van der Waals surface area contributed by atoms with Crippen LogP contribution in [0, 0.1) is 5.41 Å². The molecule has 1 heterocycles. The summed E-state index contributed by atoms with van der Waals surface area (Å²) in [7, 11) is 1.87. The van der Waals surface area contributed by atoms with Crippen molar-refractivity contribution >= 4 is 5.91 Å². The number of likely N-dealkylation sites (N-methyl/N-ethyl adjacent to an activating group) is 1. The van der Waals surface area contributed by atoms with Crippen molar-refractivity contribution in [3.05, 3.63) is 0 Å². The molecule has 1 aliphatic heterocycles. The predicted octanol–water partition coefficient (Wildman–Crippen LogP) is 0.916. The normalized spacial score (nSPS) is 20.2. The largest absolute Gasteiger partial charge is 0.345 e. The van der Waals surface area contributed by atoms with Crippen LogP contribution in [0.3, 0.4) is 0 Å². The summed E-state index contributed by atoms with van der Waals surface area (Å²) in [6, 6.07) is 0. The lowest BCUT2D eigenvalue weighted by Crippen LogP contribution is -2.44. The minimum Gasteiger partial charge on any atom is -0.345 e. The van der Waals surface area contributed by atoms with Gasteiger partial charge in [-0.15, -0.1) is 0 Å². The molecule has 0 aromatic rings. The van der Waals surface area contributed by atoms with Crippen LogP contribution in [0.5, 0.6) is 0 Å². The highest BCUT2D eigenvalue weighted by Crippen LogP contribution is 2.29. The standard InChI is InChI=1S/C13H27N3O/c1-13(2)5-9-16(10-6-13)11-12(17)15(3)8-4-7-14/h4-11,14H2,1-3H3. The highest BCUT2D eigenvalue weighted by Gasteiger charge is 2.26. The Bertz CT molecular complexity index is 243. The highest BCUT2D eigenvalue weighted by molar-refractivity contribution is 5.77. The van der Waals surface area contributed by atoms with Crippen molar-refractivity contribution < 1.29 is 4.79 Å². The van der Waals surface area contributed by atoms with E-state index < -0.39 is 0 Å². The van der Waals surface area contributed by atoms with Crippen molar-refractivity contribution in [2.24, 2.45) is 11.1 Å². The SMILES string of the molecule is CN(CCCN)C(=O)CN1CCC(C)(C)CC1. The van der Waals surface area contributed by atoms with Crippen LogP contribution < -0.4 is 5.73 Å². The summed E-state index contributed by atoms with van der Waals surface area (Å²) in [6.45, 7) is 8.69. The number of rotatable bonds is 5. The number of likely N-dealkylation sites (tertiary alicyclic amines) is 1. The number of nitrogens with two attached hydrogens (primary N) is 1. The summed E-state index contributed by atoms with van der Waals surface area (Å²) in [6.07, 6.45) is 3.26. The van der Waals surface area contributed by atoms with Gasteiger partial charge in [0.1, 0.15) is 0 Å². The lowest BCUT2D eigenvalue weighted by atomic mass is 9.83. The summed E-state index contributed by atoms with van der Waals surface area (Å²) in [5, 5.41) is 0. The van der Waals surface area contributed by atoms with Gasteiger partial charge in [0, 0.05) is 13.6 Å². The molecule has 17 heavy (non-hydrogen) atoms. The van der Waals surface area contributed by atoms with E-state index in [1.165, 1.54) is 12.8 Å². The van der Waals surface area contributed by atoms with E-state index in [0.717, 1.165) is 26.1 Å². The van der Waals surface area contributed by atoms with Crippen molar-refractivity contribution in [1.82, 2.24) is 9.80 Å². The van der Waals surface area contributed by atoms with Crippen LogP contribution in [-0.4, -0.2) is 55.5 Å². The van der Waals surface area contributed by atoms with Crippen LogP contribution in [0.1, 0.15) is 33.1 Å². The van der Waals surface area contributed by atoms with Gasteiger partial charge >= 0.3 is 0 Å². The van der Waals surface area contributed by atoms with Crippen molar-refractivity contribution in [2.45, 2.75) is 33.1 Å². The maximum absolute atomic E-state index is 11.9. The first-order chi connectivity index (χ1) is 7.94. The molecular weight excluding hydrogens is 214 g/mol. The van der Waals surface area contributed by atoms with Crippen molar-refractivity contribution in [2.75, 3.05) is 39.8 Å². The van der Waals surface area contributed by atoms with Gasteiger partial charge in [0.05, 0.1) is 6.54 Å². The predicted molar refractivity (Wildman–Crippen MR) is 70.8 cm³/mol. The molecule has 1 aliphatic rings. The van der Waals surface area contributed by atoms with Crippen LogP contribution in [0.2, 0.25) is 0 Å². The van der Waals surface area contributed by atoms with Crippen molar-refractivity contribution in [3.8, 4) is 0 Å². The average Bonchev–Trinajstić information content (AvgIpc) is 2.28. The number of piperidine rings is 1. The number of amides is 1. The molecule has 0 atom stereocenters. The minimum absolute atomic E-state index is 0.221. The van der Waals surface area contributed by atoms with Gasteiger partial charge in [0.2, 0.25) is 5.91 Å². The summed E-state index contributed by atoms with van der Waals surface area (Å²) < 4.78 is 0. The smallest absolute Gasteiger partial charge is 0.236 e. The highest BCUT2D eigenvalue weighted by atomic mass is 16.2. The number of carbonyl (C=O) groups is 1. The lowest BCUT2D eigenvalue weighted by molar-refractivity contribution is -0.131. The van der Waals surface area contributed by atoms with Gasteiger partial charge in [-0.3, -0.25) is 9.69 Å². The molecule has 2 N–H and O–H groups in total. The fraction of sp³-hybridized carbons (Fsp3) is 0.923. The molecule has 4 heteroatoms. The van der Waals surface area contributed by atoms with E-state index in [9.17, 15) is 4.79 Å². The second-order valence-electron chi connectivity index (χ2n) is 5.90. The Labute approximate surface area is 105 Å². The molecule has 1 fully saturated rings. The quantitative estimate of drug-likeness (QED) is 0.778. The van der Waals surface area contributed by atoms with E-state index >= 15 is 0 Å². The Kier molecular flexibility index (Phi) is 5.40. The van der Waals surface area contributed by atoms with Crippen LogP contribution in [-0.2, 0) is 4.79 Å². The first kappa shape index (κ1) is 14.5. The van der Waals surface area contributed by atoms with Gasteiger partial charge in [0.25, 0.3) is 0 Å². The number of hydrogen-bond acceptors (Lipinski definition) is 3. The van der Waals surface area contributed by atoms with Gasteiger partial charge in [-0.25, -0.2) is 0 Å². The maximum Gasteiger partial charge on any atom is 0.236 e. The van der Waals surface area contributed by atoms with E-state index in [0.29, 0.717) is 18.5 Å². The van der Waals surface area contributed by atoms with E-state index in [4.69, 9.17) is 5.73 Å². The van der Waals surface area contributed by atoms with Crippen LogP contribution in [0.15, 0.2) is 0 Å². The molecule has 0 aromatic heterocycles. The van der Waals surface area contributed by atoms with E-state index in [1.807, 2.05) is 7.05 Å². The molecule has 0 radical (unpaired) electrons. The Balaban J connectivity index is 2.27. The van der Waals surface area contributed by atoms with Gasteiger partial charge in [-0.05, 0) is 44.3 Å². The molecule has 4 nitrogen and oxygen atoms in total. The van der Waals surface area contributed by atoms with Crippen LogP contribution >= 0.6 is 0 Å². The van der Waals surface area contributed by atoms with Gasteiger partial charge in [0.15, 0.2) is 0 Å². The molecule has 0 aromatic carbocycles. The first-order valence-corrected chi connectivity index (χ1v) is 6.61. The van der Waals surface area contributed by atoms with Crippen LogP contribution in [0.25, 0.3) is 0 Å². The Hall–Kier alpha value is -0.610. The Morgan fingerprint density at radius 1 is 1.35 bits per heavy atom. The third-order valence-corrected chi connectivity index (χ3v) is 3.69. The molecule has 0 bridgehead atoms. The second kappa shape index (κ2) is 6.36. The summed E-state index contributed by atoms with van der Waals surface area (Å²) >= 11 is 0. The molecule has 0 unspecified atom stereocenters. The fourth-order valence-electron chi connectivity index (χ4n) is 2.08. The molecule has 0 saturated carbocycles. The molecule has 1 amide bonds. The maximum atomic E-state index is 11.9. The molecular formula is C13H27N3O. The Morgan fingerprint density at radius 3 is 2.47 bits per heavy atom. The number of carbonyl (C=O) groups excluding carboxylic acids is 1. The van der Waals surface area contributed by atoms with Crippen molar-refractivity contribution in [3.63, 3.8) is 0 Å². The minimum atomic E-state index is 0.221. The Morgan fingerprint density at radius 2 is 1.94 bits per heavy atom. The van der Waals surface area contributed by atoms with E-state index in [1.54, 1.807) is 4.90 Å². The zero-order valence-corrected chi connectivity index (χ0v) is 11.5. The third kappa shape index (κ3) is 5.04. The van der Waals surface area contributed by atoms with Crippen molar-refractivity contribution in [1.29, 1.82) is 0 Å². The van der Waals surface area contributed by atoms with E-state index in [-0.39, 0.29) is 5.91 Å². The summed E-state index contributed by atoms with van der Waals surface area (Å²) in [5.74, 6) is 0.221. The molecule has 1 saturated heterocycles. The van der Waals surface area contributed by atoms with Gasteiger partial charge in [-0.2, -0.15) is 0 Å². The summed E-state index contributed by atoms with van der Waals surface area (Å²) in [4.78, 5) is 16.0. The molecule has 1 rings (SSSR count). The average molecular weight is 241 g/mol. The van der Waals surface area contributed by atoms with Crippen LogP contribution in [0.4, 0.5) is 0 Å². The number of nitrogens with zero attached hydrogens (tertiary/aromatic N) is 2. The molecule has 0 spiro atoms. The summed E-state index contributed by atoms with van der Waals surface area (Å²) in [5.41, 5.74) is 5.89. The first-order valence-electron chi connectivity index (χ1n) is 6.61. The zero-order chi connectivity index (χ0) is 12.9. The number of hydrogen-bond donors (Lipinski definition) is 1. The third-order valence-electron chi connectivity index (χ3n) is 3.69. The van der Waals surface area contributed by atoms with E-state index in [2.05, 4.69) is 18.7 Å². The molecule has 0 aliphatic carbocycles.